The van der Waals surface area contributed by atoms with E-state index in [1.54, 1.807) is 0 Å². The number of likely N-dealkylation sites (N-methyl/N-ethyl adjacent to an activating group) is 1. The standard InChI is InChI=1S/C21H31N3O2/c1-22-16-19(18-5-3-2-4-6-18)15-21(17-22)7-9-23(10-8-21)20(25)24-11-13-26-14-12-24/h2-6,19H,7-17H2,1H3/t19-/m1/s1. The maximum Gasteiger partial charge on any atom is 0.320 e. The lowest BCUT2D eigenvalue weighted by Gasteiger charge is -2.50. The van der Waals surface area contributed by atoms with E-state index in [4.69, 9.17) is 4.74 Å². The van der Waals surface area contributed by atoms with Crippen LogP contribution in [-0.2, 0) is 4.74 Å². The number of hydrogen-bond acceptors (Lipinski definition) is 3. The smallest absolute Gasteiger partial charge is 0.320 e. The van der Waals surface area contributed by atoms with Gasteiger partial charge in [-0.15, -0.1) is 0 Å². The van der Waals surface area contributed by atoms with Crippen LogP contribution in [0.25, 0.3) is 0 Å². The lowest BCUT2D eigenvalue weighted by atomic mass is 9.68. The molecule has 142 valence electrons. The topological polar surface area (TPSA) is 36.0 Å². The summed E-state index contributed by atoms with van der Waals surface area (Å²) in [5.74, 6) is 0.608. The Morgan fingerprint density at radius 1 is 1.04 bits per heavy atom. The zero-order valence-electron chi connectivity index (χ0n) is 15.9. The maximum atomic E-state index is 12.8. The lowest BCUT2D eigenvalue weighted by molar-refractivity contribution is 0.0149. The van der Waals surface area contributed by atoms with E-state index in [1.807, 2.05) is 4.90 Å². The molecular weight excluding hydrogens is 326 g/mol. The number of carbonyl (C=O) groups is 1. The molecule has 3 aliphatic heterocycles. The van der Waals surface area contributed by atoms with Gasteiger partial charge < -0.3 is 19.4 Å². The number of hydrogen-bond donors (Lipinski definition) is 0. The third-order valence-electron chi connectivity index (χ3n) is 6.46. The van der Waals surface area contributed by atoms with Crippen molar-refractivity contribution >= 4 is 6.03 Å². The lowest BCUT2D eigenvalue weighted by Crippen LogP contribution is -2.55. The molecule has 2 amide bonds. The summed E-state index contributed by atoms with van der Waals surface area (Å²) in [5.41, 5.74) is 1.82. The molecule has 3 fully saturated rings. The number of urea groups is 1. The van der Waals surface area contributed by atoms with Crippen LogP contribution in [-0.4, -0.2) is 80.3 Å². The van der Waals surface area contributed by atoms with Crippen LogP contribution in [0.15, 0.2) is 30.3 Å². The van der Waals surface area contributed by atoms with Crippen LogP contribution in [0.4, 0.5) is 4.79 Å². The largest absolute Gasteiger partial charge is 0.378 e. The van der Waals surface area contributed by atoms with E-state index in [-0.39, 0.29) is 6.03 Å². The Hall–Kier alpha value is -1.59. The fourth-order valence-electron chi connectivity index (χ4n) is 5.10. The van der Waals surface area contributed by atoms with Crippen LogP contribution in [0.3, 0.4) is 0 Å². The Bertz CT molecular complexity index is 607. The molecule has 5 nitrogen and oxygen atoms in total. The average Bonchev–Trinajstić information content (AvgIpc) is 2.69. The van der Waals surface area contributed by atoms with E-state index in [1.165, 1.54) is 12.0 Å². The number of ether oxygens (including phenoxy) is 1. The minimum Gasteiger partial charge on any atom is -0.378 e. The highest BCUT2D eigenvalue weighted by molar-refractivity contribution is 5.74. The highest BCUT2D eigenvalue weighted by Crippen LogP contribution is 2.44. The SMILES string of the molecule is CN1C[C@H](c2ccccc2)CC2(CCN(C(=O)N3CCOCC3)CC2)C1. The molecular formula is C21H31N3O2. The summed E-state index contributed by atoms with van der Waals surface area (Å²) < 4.78 is 5.37. The van der Waals surface area contributed by atoms with E-state index in [0.717, 1.165) is 52.1 Å². The molecule has 26 heavy (non-hydrogen) atoms. The highest BCUT2D eigenvalue weighted by atomic mass is 16.5. The monoisotopic (exact) mass is 357 g/mol. The van der Waals surface area contributed by atoms with Crippen LogP contribution >= 0.6 is 0 Å². The van der Waals surface area contributed by atoms with E-state index >= 15 is 0 Å². The number of carbonyl (C=O) groups excluding carboxylic acids is 1. The van der Waals surface area contributed by atoms with E-state index in [9.17, 15) is 4.79 Å². The predicted octanol–water partition coefficient (Wildman–Crippen LogP) is 2.64. The van der Waals surface area contributed by atoms with Crippen LogP contribution in [0.1, 0.15) is 30.7 Å². The van der Waals surface area contributed by atoms with Crippen molar-refractivity contribution in [2.24, 2.45) is 5.41 Å². The minimum atomic E-state index is 0.215. The Labute approximate surface area is 156 Å². The number of benzene rings is 1. The fourth-order valence-corrected chi connectivity index (χ4v) is 5.10. The predicted molar refractivity (Wildman–Crippen MR) is 102 cm³/mol. The summed E-state index contributed by atoms with van der Waals surface area (Å²) in [7, 11) is 2.25. The Kier molecular flexibility index (Phi) is 5.18. The summed E-state index contributed by atoms with van der Waals surface area (Å²) in [6.07, 6.45) is 3.49. The second-order valence-corrected chi connectivity index (χ2v) is 8.38. The van der Waals surface area contributed by atoms with Gasteiger partial charge in [0.15, 0.2) is 0 Å². The van der Waals surface area contributed by atoms with Gasteiger partial charge in [-0.1, -0.05) is 30.3 Å². The van der Waals surface area contributed by atoms with Crippen LogP contribution in [0.2, 0.25) is 0 Å². The highest BCUT2D eigenvalue weighted by Gasteiger charge is 2.42. The van der Waals surface area contributed by atoms with Gasteiger partial charge in [0.05, 0.1) is 13.2 Å². The van der Waals surface area contributed by atoms with Gasteiger partial charge in [0.1, 0.15) is 0 Å². The van der Waals surface area contributed by atoms with Gasteiger partial charge in [0, 0.05) is 39.3 Å². The first-order valence-corrected chi connectivity index (χ1v) is 10.0. The summed E-state index contributed by atoms with van der Waals surface area (Å²) in [6.45, 7) is 6.91. The number of morpholine rings is 1. The van der Waals surface area contributed by atoms with Gasteiger partial charge in [-0.2, -0.15) is 0 Å². The van der Waals surface area contributed by atoms with Crippen molar-refractivity contribution in [2.45, 2.75) is 25.2 Å². The molecule has 3 aliphatic rings. The molecule has 1 aromatic carbocycles. The molecule has 0 radical (unpaired) electrons. The normalized spacial score (nSPS) is 26.9. The Balaban J connectivity index is 1.39. The van der Waals surface area contributed by atoms with Gasteiger partial charge in [-0.05, 0) is 43.2 Å². The van der Waals surface area contributed by atoms with Crippen molar-refractivity contribution in [2.75, 3.05) is 59.5 Å². The van der Waals surface area contributed by atoms with Crippen LogP contribution in [0, 0.1) is 5.41 Å². The first-order valence-electron chi connectivity index (χ1n) is 10.0. The van der Waals surface area contributed by atoms with Crippen molar-refractivity contribution in [1.29, 1.82) is 0 Å². The van der Waals surface area contributed by atoms with Gasteiger partial charge >= 0.3 is 6.03 Å². The van der Waals surface area contributed by atoms with Gasteiger partial charge in [-0.3, -0.25) is 0 Å². The number of rotatable bonds is 1. The molecule has 0 unspecified atom stereocenters. The molecule has 1 aromatic rings. The molecule has 0 N–H and O–H groups in total. The molecule has 3 saturated heterocycles. The molecule has 5 heteroatoms. The second kappa shape index (κ2) is 7.57. The molecule has 0 bridgehead atoms. The third-order valence-corrected chi connectivity index (χ3v) is 6.46. The van der Waals surface area contributed by atoms with Gasteiger partial charge in [-0.25, -0.2) is 4.79 Å². The Morgan fingerprint density at radius 2 is 1.69 bits per heavy atom. The molecule has 1 atom stereocenters. The van der Waals surface area contributed by atoms with Crippen LogP contribution in [0.5, 0.6) is 0 Å². The summed E-state index contributed by atoms with van der Waals surface area (Å²) in [6, 6.07) is 11.2. The zero-order chi connectivity index (χ0) is 18.0. The van der Waals surface area contributed by atoms with Crippen molar-refractivity contribution in [3.05, 3.63) is 35.9 Å². The number of nitrogens with zero attached hydrogens (tertiary/aromatic N) is 3. The van der Waals surface area contributed by atoms with E-state index < -0.39 is 0 Å². The molecule has 4 rings (SSSR count). The van der Waals surface area contributed by atoms with Crippen molar-refractivity contribution in [1.82, 2.24) is 14.7 Å². The number of likely N-dealkylation sites (tertiary alicyclic amines) is 2. The summed E-state index contributed by atoms with van der Waals surface area (Å²) >= 11 is 0. The first-order chi connectivity index (χ1) is 12.7. The van der Waals surface area contributed by atoms with Crippen molar-refractivity contribution in [3.63, 3.8) is 0 Å². The molecule has 3 heterocycles. The fraction of sp³-hybridized carbons (Fsp3) is 0.667. The van der Waals surface area contributed by atoms with Crippen molar-refractivity contribution in [3.8, 4) is 0 Å². The zero-order valence-corrected chi connectivity index (χ0v) is 15.9. The quantitative estimate of drug-likeness (QED) is 0.775. The minimum absolute atomic E-state index is 0.215. The average molecular weight is 357 g/mol. The molecule has 0 aromatic heterocycles. The number of amides is 2. The Morgan fingerprint density at radius 3 is 2.38 bits per heavy atom. The molecule has 1 spiro atoms. The van der Waals surface area contributed by atoms with Gasteiger partial charge in [0.2, 0.25) is 0 Å². The van der Waals surface area contributed by atoms with Crippen molar-refractivity contribution < 1.29 is 9.53 Å². The first kappa shape index (κ1) is 17.8. The van der Waals surface area contributed by atoms with E-state index in [2.05, 4.69) is 47.2 Å². The summed E-state index contributed by atoms with van der Waals surface area (Å²) in [5, 5.41) is 0. The molecule has 0 saturated carbocycles. The maximum absolute atomic E-state index is 12.8. The van der Waals surface area contributed by atoms with Crippen LogP contribution < -0.4 is 0 Å². The summed E-state index contributed by atoms with van der Waals surface area (Å²) in [4.78, 5) is 19.3. The third kappa shape index (κ3) is 3.74. The molecule has 0 aliphatic carbocycles. The van der Waals surface area contributed by atoms with Gasteiger partial charge in [0.25, 0.3) is 0 Å². The number of piperidine rings is 2. The second-order valence-electron chi connectivity index (χ2n) is 8.38. The van der Waals surface area contributed by atoms with E-state index in [0.29, 0.717) is 24.5 Å².